The Morgan fingerprint density at radius 3 is 2.41 bits per heavy atom. The van der Waals surface area contributed by atoms with Crippen LogP contribution in [-0.2, 0) is 16.2 Å². The van der Waals surface area contributed by atoms with Gasteiger partial charge in [-0.1, -0.05) is 47.5 Å². The van der Waals surface area contributed by atoms with Crippen molar-refractivity contribution in [2.75, 3.05) is 4.90 Å². The predicted octanol–water partition coefficient (Wildman–Crippen LogP) is 5.92. The third kappa shape index (κ3) is 5.23. The van der Waals surface area contributed by atoms with Gasteiger partial charge in [0.2, 0.25) is 0 Å². The topological polar surface area (TPSA) is 75.7 Å². The number of hydrogen-bond donors (Lipinski definition) is 1. The molecule has 1 saturated heterocycles. The fraction of sp³-hybridized carbons (Fsp3) is 0.115. The molecule has 0 aromatic heterocycles. The molecule has 8 heteroatoms. The van der Waals surface area contributed by atoms with Crippen LogP contribution >= 0.6 is 38.5 Å². The number of ether oxygens (including phenoxy) is 1. The fourth-order valence-corrected chi connectivity index (χ4v) is 5.28. The Kier molecular flexibility index (Phi) is 7.18. The number of nitrogens with one attached hydrogen (secondary N) is 1. The largest absolute Gasteiger partial charge is 0.487 e. The molecule has 4 rings (SSSR count). The predicted molar refractivity (Wildman–Crippen MR) is 143 cm³/mol. The van der Waals surface area contributed by atoms with Crippen LogP contribution in [0.2, 0.25) is 0 Å². The van der Waals surface area contributed by atoms with E-state index in [2.05, 4.69) is 49.9 Å². The van der Waals surface area contributed by atoms with E-state index in [-0.39, 0.29) is 5.57 Å². The zero-order valence-corrected chi connectivity index (χ0v) is 22.1. The lowest BCUT2D eigenvalue weighted by Crippen LogP contribution is -2.54. The van der Waals surface area contributed by atoms with Gasteiger partial charge in [0.1, 0.15) is 17.9 Å². The number of nitrogens with zero attached hydrogens (tertiary/aromatic N) is 1. The standard InChI is InChI=1S/C26H20BrIN2O4/c1-15-6-8-19(9-7-15)30-25(32)20(24(31)29-26(30)33)11-18-12-21(27)23(22(28)13-18)34-14-17-5-3-4-16(2)10-17/h3-13H,14H2,1-2H3,(H,29,31,33)/b20-11+. The van der Waals surface area contributed by atoms with Crippen LogP contribution < -0.4 is 15.0 Å². The van der Waals surface area contributed by atoms with Gasteiger partial charge >= 0.3 is 6.03 Å². The van der Waals surface area contributed by atoms with Crippen LogP contribution in [0.5, 0.6) is 5.75 Å². The van der Waals surface area contributed by atoms with Crippen LogP contribution in [0.25, 0.3) is 6.08 Å². The number of imide groups is 2. The number of benzene rings is 3. The molecule has 1 N–H and O–H groups in total. The van der Waals surface area contributed by atoms with Gasteiger partial charge < -0.3 is 4.74 Å². The van der Waals surface area contributed by atoms with Crippen LogP contribution in [0.15, 0.2) is 70.7 Å². The summed E-state index contributed by atoms with van der Waals surface area (Å²) in [5.41, 5.74) is 4.09. The maximum absolute atomic E-state index is 13.1. The van der Waals surface area contributed by atoms with Crippen molar-refractivity contribution in [1.82, 2.24) is 5.32 Å². The number of barbiturate groups is 1. The molecule has 1 heterocycles. The highest BCUT2D eigenvalue weighted by Crippen LogP contribution is 2.34. The van der Waals surface area contributed by atoms with Crippen LogP contribution in [-0.4, -0.2) is 17.8 Å². The molecule has 0 radical (unpaired) electrons. The van der Waals surface area contributed by atoms with Crippen molar-refractivity contribution in [1.29, 1.82) is 0 Å². The number of hydrogen-bond acceptors (Lipinski definition) is 4. The summed E-state index contributed by atoms with van der Waals surface area (Å²) in [7, 11) is 0. The zero-order chi connectivity index (χ0) is 24.4. The van der Waals surface area contributed by atoms with Gasteiger partial charge in [-0.3, -0.25) is 14.9 Å². The minimum atomic E-state index is -0.772. The van der Waals surface area contributed by atoms with E-state index in [0.717, 1.165) is 25.2 Å². The van der Waals surface area contributed by atoms with Crippen molar-refractivity contribution in [2.24, 2.45) is 0 Å². The second kappa shape index (κ2) is 10.1. The van der Waals surface area contributed by atoms with E-state index in [1.165, 1.54) is 6.08 Å². The van der Waals surface area contributed by atoms with E-state index in [4.69, 9.17) is 4.74 Å². The first-order valence-electron chi connectivity index (χ1n) is 10.4. The molecule has 0 saturated carbocycles. The van der Waals surface area contributed by atoms with Crippen molar-refractivity contribution < 1.29 is 19.1 Å². The zero-order valence-electron chi connectivity index (χ0n) is 18.4. The maximum atomic E-state index is 13.1. The third-order valence-electron chi connectivity index (χ3n) is 5.19. The quantitative estimate of drug-likeness (QED) is 0.216. The number of amides is 4. The Morgan fingerprint density at radius 1 is 1.00 bits per heavy atom. The summed E-state index contributed by atoms with van der Waals surface area (Å²) >= 11 is 5.69. The molecule has 1 aliphatic heterocycles. The number of anilines is 1. The van der Waals surface area contributed by atoms with E-state index in [1.807, 2.05) is 38.1 Å². The summed E-state index contributed by atoms with van der Waals surface area (Å²) in [4.78, 5) is 38.9. The fourth-order valence-electron chi connectivity index (χ4n) is 3.51. The summed E-state index contributed by atoms with van der Waals surface area (Å²) in [5, 5.41) is 2.25. The first-order chi connectivity index (χ1) is 16.2. The summed E-state index contributed by atoms with van der Waals surface area (Å²) in [6, 6.07) is 17.8. The lowest BCUT2D eigenvalue weighted by atomic mass is 10.1. The second-order valence-electron chi connectivity index (χ2n) is 7.88. The van der Waals surface area contributed by atoms with E-state index in [9.17, 15) is 14.4 Å². The summed E-state index contributed by atoms with van der Waals surface area (Å²) in [5.74, 6) is -0.743. The van der Waals surface area contributed by atoms with Gasteiger partial charge in [-0.05, 0) is 93.8 Å². The number of urea groups is 1. The van der Waals surface area contributed by atoms with Crippen LogP contribution in [0.1, 0.15) is 22.3 Å². The van der Waals surface area contributed by atoms with E-state index in [0.29, 0.717) is 28.1 Å². The first kappa shape index (κ1) is 24.2. The Morgan fingerprint density at radius 2 is 1.74 bits per heavy atom. The average Bonchev–Trinajstić information content (AvgIpc) is 2.77. The Hall–Kier alpha value is -2.98. The number of carbonyl (C=O) groups is 3. The molecule has 3 aromatic rings. The summed E-state index contributed by atoms with van der Waals surface area (Å²) in [6.45, 7) is 4.34. The number of rotatable bonds is 5. The average molecular weight is 631 g/mol. The molecule has 0 spiro atoms. The molecule has 4 amide bonds. The van der Waals surface area contributed by atoms with Crippen LogP contribution in [0, 0.1) is 17.4 Å². The number of carbonyl (C=O) groups excluding carboxylic acids is 3. The van der Waals surface area contributed by atoms with Crippen molar-refractivity contribution in [3.05, 3.63) is 96.5 Å². The van der Waals surface area contributed by atoms with Crippen molar-refractivity contribution in [3.63, 3.8) is 0 Å². The molecule has 1 aliphatic rings. The van der Waals surface area contributed by atoms with Crippen molar-refractivity contribution >= 4 is 68.1 Å². The monoisotopic (exact) mass is 630 g/mol. The maximum Gasteiger partial charge on any atom is 0.335 e. The molecule has 3 aromatic carbocycles. The lowest BCUT2D eigenvalue weighted by molar-refractivity contribution is -0.122. The van der Waals surface area contributed by atoms with Crippen LogP contribution in [0.3, 0.4) is 0 Å². The molecule has 34 heavy (non-hydrogen) atoms. The van der Waals surface area contributed by atoms with E-state index < -0.39 is 17.8 Å². The Labute approximate surface area is 219 Å². The summed E-state index contributed by atoms with van der Waals surface area (Å²) in [6.07, 6.45) is 1.47. The molecular formula is C26H20BrIN2O4. The minimum Gasteiger partial charge on any atom is -0.487 e. The van der Waals surface area contributed by atoms with Gasteiger partial charge in [-0.25, -0.2) is 9.69 Å². The normalized spacial score (nSPS) is 15.0. The molecule has 6 nitrogen and oxygen atoms in total. The highest BCUT2D eigenvalue weighted by molar-refractivity contribution is 14.1. The van der Waals surface area contributed by atoms with Gasteiger partial charge in [0.15, 0.2) is 0 Å². The van der Waals surface area contributed by atoms with Gasteiger partial charge in [-0.15, -0.1) is 0 Å². The highest BCUT2D eigenvalue weighted by atomic mass is 127. The Balaban J connectivity index is 1.60. The highest BCUT2D eigenvalue weighted by Gasteiger charge is 2.36. The van der Waals surface area contributed by atoms with Gasteiger partial charge in [-0.2, -0.15) is 0 Å². The molecule has 0 atom stereocenters. The molecule has 172 valence electrons. The second-order valence-corrected chi connectivity index (χ2v) is 9.90. The van der Waals surface area contributed by atoms with Gasteiger partial charge in [0.25, 0.3) is 11.8 Å². The summed E-state index contributed by atoms with van der Waals surface area (Å²) < 4.78 is 7.52. The Bertz CT molecular complexity index is 1310. The van der Waals surface area contributed by atoms with Crippen molar-refractivity contribution in [2.45, 2.75) is 20.5 Å². The smallest absolute Gasteiger partial charge is 0.335 e. The first-order valence-corrected chi connectivity index (χ1v) is 12.3. The SMILES string of the molecule is Cc1ccc(N2C(=O)NC(=O)/C(=C\c3cc(Br)c(OCc4cccc(C)c4)c(I)c3)C2=O)cc1. The molecular weight excluding hydrogens is 611 g/mol. The number of aryl methyl sites for hydroxylation is 2. The van der Waals surface area contributed by atoms with Crippen LogP contribution in [0.4, 0.5) is 10.5 Å². The minimum absolute atomic E-state index is 0.128. The molecule has 0 bridgehead atoms. The lowest BCUT2D eigenvalue weighted by Gasteiger charge is -2.26. The van der Waals surface area contributed by atoms with Crippen molar-refractivity contribution in [3.8, 4) is 5.75 Å². The molecule has 0 aliphatic carbocycles. The molecule has 0 unspecified atom stereocenters. The van der Waals surface area contributed by atoms with Gasteiger partial charge in [0, 0.05) is 0 Å². The van der Waals surface area contributed by atoms with E-state index >= 15 is 0 Å². The van der Waals surface area contributed by atoms with E-state index in [1.54, 1.807) is 30.3 Å². The number of halogens is 2. The molecule has 1 fully saturated rings. The third-order valence-corrected chi connectivity index (χ3v) is 6.58. The van der Waals surface area contributed by atoms with Gasteiger partial charge in [0.05, 0.1) is 13.7 Å².